The van der Waals surface area contributed by atoms with Crippen LogP contribution in [0.4, 0.5) is 0 Å². The van der Waals surface area contributed by atoms with E-state index in [2.05, 4.69) is 20.7 Å². The van der Waals surface area contributed by atoms with Gasteiger partial charge in [-0.2, -0.15) is 11.3 Å². The molecule has 0 saturated carbocycles. The van der Waals surface area contributed by atoms with Crippen molar-refractivity contribution in [3.8, 4) is 11.3 Å². The molecule has 0 atom stereocenters. The van der Waals surface area contributed by atoms with Crippen molar-refractivity contribution in [1.82, 2.24) is 15.3 Å². The van der Waals surface area contributed by atoms with Gasteiger partial charge in [0.15, 0.2) is 0 Å². The molecule has 3 aromatic rings. The highest BCUT2D eigenvalue weighted by Gasteiger charge is 2.09. The monoisotopic (exact) mass is 295 g/mol. The third-order valence-corrected chi connectivity index (χ3v) is 3.75. The third kappa shape index (κ3) is 3.14. The Balaban J connectivity index is 1.76. The number of thiophene rings is 1. The van der Waals surface area contributed by atoms with Crippen LogP contribution in [0.3, 0.4) is 0 Å². The minimum absolute atomic E-state index is 0.113. The number of amides is 1. The molecule has 1 amide bonds. The van der Waals surface area contributed by atoms with Gasteiger partial charge < -0.3 is 5.32 Å². The van der Waals surface area contributed by atoms with E-state index < -0.39 is 0 Å². The topological polar surface area (TPSA) is 54.9 Å². The molecule has 0 fully saturated rings. The number of nitrogens with one attached hydrogen (secondary N) is 1. The van der Waals surface area contributed by atoms with Gasteiger partial charge >= 0.3 is 0 Å². The summed E-state index contributed by atoms with van der Waals surface area (Å²) in [7, 11) is 0. The maximum atomic E-state index is 12.1. The SMILES string of the molecule is O=C(NCc1cccnc1-c1ccsc1)c1ccncc1. The van der Waals surface area contributed by atoms with Crippen LogP contribution in [0.15, 0.2) is 59.7 Å². The minimum atomic E-state index is -0.113. The molecule has 0 aliphatic rings. The van der Waals surface area contributed by atoms with E-state index in [9.17, 15) is 4.79 Å². The maximum Gasteiger partial charge on any atom is 0.251 e. The van der Waals surface area contributed by atoms with Crippen LogP contribution in [-0.4, -0.2) is 15.9 Å². The van der Waals surface area contributed by atoms with Crippen molar-refractivity contribution in [3.63, 3.8) is 0 Å². The summed E-state index contributed by atoms with van der Waals surface area (Å²) in [5.74, 6) is -0.113. The second kappa shape index (κ2) is 6.28. The molecule has 0 unspecified atom stereocenters. The van der Waals surface area contributed by atoms with Crippen molar-refractivity contribution in [1.29, 1.82) is 0 Å². The summed E-state index contributed by atoms with van der Waals surface area (Å²) in [4.78, 5) is 20.4. The molecule has 0 bridgehead atoms. The fraction of sp³-hybridized carbons (Fsp3) is 0.0625. The van der Waals surface area contributed by atoms with E-state index in [1.807, 2.05) is 23.6 Å². The number of hydrogen-bond donors (Lipinski definition) is 1. The van der Waals surface area contributed by atoms with Gasteiger partial charge in [-0.3, -0.25) is 14.8 Å². The van der Waals surface area contributed by atoms with E-state index in [4.69, 9.17) is 0 Å². The lowest BCUT2D eigenvalue weighted by Gasteiger charge is -2.09. The second-order valence-corrected chi connectivity index (χ2v) is 5.22. The Morgan fingerprint density at radius 1 is 1.14 bits per heavy atom. The number of carbonyl (C=O) groups is 1. The van der Waals surface area contributed by atoms with Crippen LogP contribution in [0.5, 0.6) is 0 Å². The number of aromatic nitrogens is 2. The molecule has 0 radical (unpaired) electrons. The van der Waals surface area contributed by atoms with Crippen LogP contribution >= 0.6 is 11.3 Å². The van der Waals surface area contributed by atoms with Gasteiger partial charge in [-0.25, -0.2) is 0 Å². The smallest absolute Gasteiger partial charge is 0.251 e. The molecule has 3 heterocycles. The van der Waals surface area contributed by atoms with Crippen molar-refractivity contribution < 1.29 is 4.79 Å². The fourth-order valence-corrected chi connectivity index (χ4v) is 2.66. The van der Waals surface area contributed by atoms with Crippen molar-refractivity contribution >= 4 is 17.2 Å². The highest BCUT2D eigenvalue weighted by atomic mass is 32.1. The van der Waals surface area contributed by atoms with Gasteiger partial charge in [0.1, 0.15) is 0 Å². The van der Waals surface area contributed by atoms with Crippen molar-refractivity contribution in [2.45, 2.75) is 6.54 Å². The average molecular weight is 295 g/mol. The molecular formula is C16H13N3OS. The number of rotatable bonds is 4. The lowest BCUT2D eigenvalue weighted by molar-refractivity contribution is 0.0951. The van der Waals surface area contributed by atoms with Gasteiger partial charge in [0.2, 0.25) is 0 Å². The molecule has 4 nitrogen and oxygen atoms in total. The summed E-state index contributed by atoms with van der Waals surface area (Å²) in [6, 6.07) is 9.27. The first-order valence-electron chi connectivity index (χ1n) is 6.49. The van der Waals surface area contributed by atoms with Crippen LogP contribution in [0.25, 0.3) is 11.3 Å². The molecule has 3 aromatic heterocycles. The Hall–Kier alpha value is -2.53. The van der Waals surface area contributed by atoms with E-state index in [1.54, 1.807) is 42.1 Å². The number of nitrogens with zero attached hydrogens (tertiary/aromatic N) is 2. The standard InChI is InChI=1S/C16H13N3OS/c20-16(12-3-7-17-8-4-12)19-10-13-2-1-6-18-15(13)14-5-9-21-11-14/h1-9,11H,10H2,(H,19,20). The predicted octanol–water partition coefficient (Wildman–Crippen LogP) is 3.14. The summed E-state index contributed by atoms with van der Waals surface area (Å²) in [5.41, 5.74) is 3.59. The Labute approximate surface area is 126 Å². The van der Waals surface area contributed by atoms with Crippen LogP contribution in [0.2, 0.25) is 0 Å². The van der Waals surface area contributed by atoms with E-state index in [1.165, 1.54) is 0 Å². The van der Waals surface area contributed by atoms with Crippen LogP contribution in [0.1, 0.15) is 15.9 Å². The zero-order chi connectivity index (χ0) is 14.5. The van der Waals surface area contributed by atoms with Crippen LogP contribution in [0, 0.1) is 0 Å². The third-order valence-electron chi connectivity index (χ3n) is 3.07. The highest BCUT2D eigenvalue weighted by molar-refractivity contribution is 7.08. The first-order chi connectivity index (χ1) is 10.3. The summed E-state index contributed by atoms with van der Waals surface area (Å²) in [6.07, 6.45) is 4.98. The Morgan fingerprint density at radius 2 is 2.00 bits per heavy atom. The minimum Gasteiger partial charge on any atom is -0.348 e. The van der Waals surface area contributed by atoms with E-state index in [0.29, 0.717) is 12.1 Å². The summed E-state index contributed by atoms with van der Waals surface area (Å²) < 4.78 is 0. The number of carbonyl (C=O) groups excluding carboxylic acids is 1. The quantitative estimate of drug-likeness (QED) is 0.804. The molecule has 0 aliphatic carbocycles. The van der Waals surface area contributed by atoms with Gasteiger partial charge in [0, 0.05) is 41.6 Å². The van der Waals surface area contributed by atoms with Crippen molar-refractivity contribution in [3.05, 3.63) is 70.8 Å². The first-order valence-corrected chi connectivity index (χ1v) is 7.43. The summed E-state index contributed by atoms with van der Waals surface area (Å²) >= 11 is 1.63. The molecule has 3 rings (SSSR count). The average Bonchev–Trinajstić information content (AvgIpc) is 3.08. The number of pyridine rings is 2. The first kappa shape index (κ1) is 13.5. The van der Waals surface area contributed by atoms with Gasteiger partial charge in [0.05, 0.1) is 5.69 Å². The van der Waals surface area contributed by atoms with Gasteiger partial charge in [-0.05, 0) is 35.2 Å². The summed E-state index contributed by atoms with van der Waals surface area (Å²) in [6.45, 7) is 0.445. The molecule has 0 saturated heterocycles. The Morgan fingerprint density at radius 3 is 2.76 bits per heavy atom. The Bertz CT molecular complexity index is 726. The predicted molar refractivity (Wildman–Crippen MR) is 83.0 cm³/mol. The van der Waals surface area contributed by atoms with Gasteiger partial charge in [-0.1, -0.05) is 6.07 Å². The molecule has 0 spiro atoms. The van der Waals surface area contributed by atoms with E-state index in [0.717, 1.165) is 16.8 Å². The fourth-order valence-electron chi connectivity index (χ4n) is 2.02. The Kier molecular flexibility index (Phi) is 4.02. The van der Waals surface area contributed by atoms with Crippen molar-refractivity contribution in [2.75, 3.05) is 0 Å². The number of hydrogen-bond acceptors (Lipinski definition) is 4. The summed E-state index contributed by atoms with van der Waals surface area (Å²) in [5, 5.41) is 6.98. The molecule has 0 aromatic carbocycles. The maximum absolute atomic E-state index is 12.1. The van der Waals surface area contributed by atoms with Crippen LogP contribution in [-0.2, 0) is 6.54 Å². The lowest BCUT2D eigenvalue weighted by Crippen LogP contribution is -2.23. The normalized spacial score (nSPS) is 10.3. The van der Waals surface area contributed by atoms with E-state index >= 15 is 0 Å². The largest absolute Gasteiger partial charge is 0.348 e. The van der Waals surface area contributed by atoms with Gasteiger partial charge in [-0.15, -0.1) is 0 Å². The second-order valence-electron chi connectivity index (χ2n) is 4.44. The molecule has 0 aliphatic heterocycles. The van der Waals surface area contributed by atoms with Crippen molar-refractivity contribution in [2.24, 2.45) is 0 Å². The lowest BCUT2D eigenvalue weighted by atomic mass is 10.1. The molecule has 104 valence electrons. The molecular weight excluding hydrogens is 282 g/mol. The van der Waals surface area contributed by atoms with E-state index in [-0.39, 0.29) is 5.91 Å². The zero-order valence-corrected chi connectivity index (χ0v) is 12.0. The molecule has 21 heavy (non-hydrogen) atoms. The van der Waals surface area contributed by atoms with Gasteiger partial charge in [0.25, 0.3) is 5.91 Å². The zero-order valence-electron chi connectivity index (χ0n) is 11.2. The molecule has 1 N–H and O–H groups in total. The molecule has 5 heteroatoms. The highest BCUT2D eigenvalue weighted by Crippen LogP contribution is 2.23. The van der Waals surface area contributed by atoms with Crippen LogP contribution < -0.4 is 5.32 Å².